The summed E-state index contributed by atoms with van der Waals surface area (Å²) in [6.45, 7) is 14.5. The molecule has 0 spiro atoms. The Morgan fingerprint density at radius 3 is 2.43 bits per heavy atom. The molecule has 0 radical (unpaired) electrons. The zero-order chi connectivity index (χ0) is 26.8. The highest BCUT2D eigenvalue weighted by Crippen LogP contribution is 2.67. The summed E-state index contributed by atoms with van der Waals surface area (Å²) in [7, 11) is 0. The Morgan fingerprint density at radius 1 is 1.00 bits per heavy atom. The standard InChI is InChI=1S/C27H46O.C7H10N2/c1-18(2)7-6-8-19(3)23-11-12-24-22-10-9-20-17-21(28)13-15-26(20,4)25(22)14-16-27(23,24)5;1-6(8)7-4-2-3-5-9-7/h9,18-19,21-25,28H,6-8,10-17H2,1-5H3;2-6H,8H2,1H3/t19-,21+,22+,23-,24+,25+,26+,27-;/m1./s1. The van der Waals surface area contributed by atoms with Crippen LogP contribution in [-0.4, -0.2) is 16.2 Å². The molecule has 1 aromatic rings. The first-order chi connectivity index (χ1) is 17.6. The third kappa shape index (κ3) is 6.03. The number of aromatic nitrogens is 1. The number of allylic oxidation sites excluding steroid dienone is 1. The molecule has 1 unspecified atom stereocenters. The average Bonchev–Trinajstić information content (AvgIpc) is 3.22. The summed E-state index contributed by atoms with van der Waals surface area (Å²) >= 11 is 0. The number of hydrogen-bond donors (Lipinski definition) is 2. The van der Waals surface area contributed by atoms with Crippen LogP contribution in [-0.2, 0) is 0 Å². The SMILES string of the molecule is CC(C)CCC[C@@H](C)[C@H]1CC[C@H]2[C@@H]3CC=C4C[C@@H](O)CC[C@]4(C)[C@H]3CC[C@]12C.CC(N)c1ccccn1. The Bertz CT molecular complexity index is 894. The van der Waals surface area contributed by atoms with Gasteiger partial charge in [0.1, 0.15) is 0 Å². The van der Waals surface area contributed by atoms with E-state index < -0.39 is 0 Å². The van der Waals surface area contributed by atoms with Crippen molar-refractivity contribution in [2.24, 2.45) is 52.1 Å². The molecule has 4 aliphatic rings. The van der Waals surface area contributed by atoms with E-state index in [0.29, 0.717) is 10.8 Å². The lowest BCUT2D eigenvalue weighted by atomic mass is 9.47. The zero-order valence-electron chi connectivity index (χ0n) is 24.8. The van der Waals surface area contributed by atoms with Gasteiger partial charge in [-0.3, -0.25) is 4.98 Å². The quantitative estimate of drug-likeness (QED) is 0.379. The minimum atomic E-state index is -0.0766. The van der Waals surface area contributed by atoms with Crippen molar-refractivity contribution in [3.8, 4) is 0 Å². The maximum Gasteiger partial charge on any atom is 0.0577 e. The van der Waals surface area contributed by atoms with E-state index in [9.17, 15) is 5.11 Å². The van der Waals surface area contributed by atoms with E-state index in [1.807, 2.05) is 25.1 Å². The lowest BCUT2D eigenvalue weighted by Gasteiger charge is -2.58. The van der Waals surface area contributed by atoms with Crippen molar-refractivity contribution in [2.45, 2.75) is 124 Å². The molecule has 5 rings (SSSR count). The van der Waals surface area contributed by atoms with E-state index >= 15 is 0 Å². The van der Waals surface area contributed by atoms with Crippen LogP contribution in [0.3, 0.4) is 0 Å². The topological polar surface area (TPSA) is 59.1 Å². The molecule has 3 nitrogen and oxygen atoms in total. The number of nitrogens with zero attached hydrogens (tertiary/aromatic N) is 1. The normalized spacial score (nSPS) is 38.4. The van der Waals surface area contributed by atoms with Crippen LogP contribution in [0.15, 0.2) is 36.0 Å². The summed E-state index contributed by atoms with van der Waals surface area (Å²) in [4.78, 5) is 4.05. The van der Waals surface area contributed by atoms with Crippen molar-refractivity contribution in [3.05, 3.63) is 41.7 Å². The Kier molecular flexibility index (Phi) is 9.27. The molecule has 3 heteroatoms. The van der Waals surface area contributed by atoms with Gasteiger partial charge in [0.25, 0.3) is 0 Å². The molecule has 4 aliphatic carbocycles. The van der Waals surface area contributed by atoms with Crippen molar-refractivity contribution in [1.29, 1.82) is 0 Å². The number of nitrogens with two attached hydrogens (primary N) is 1. The summed E-state index contributed by atoms with van der Waals surface area (Å²) in [5.41, 5.74) is 9.10. The van der Waals surface area contributed by atoms with Gasteiger partial charge in [-0.15, -0.1) is 0 Å². The number of pyridine rings is 1. The largest absolute Gasteiger partial charge is 0.393 e. The van der Waals surface area contributed by atoms with Crippen LogP contribution in [0.25, 0.3) is 0 Å². The van der Waals surface area contributed by atoms with Crippen molar-refractivity contribution >= 4 is 0 Å². The molecule has 3 saturated carbocycles. The second kappa shape index (κ2) is 11.9. The molecule has 37 heavy (non-hydrogen) atoms. The van der Waals surface area contributed by atoms with Gasteiger partial charge in [-0.1, -0.05) is 71.6 Å². The summed E-state index contributed by atoms with van der Waals surface area (Å²) in [5, 5.41) is 10.2. The Morgan fingerprint density at radius 2 is 1.78 bits per heavy atom. The Labute approximate surface area is 228 Å². The van der Waals surface area contributed by atoms with Crippen LogP contribution in [0.1, 0.15) is 124 Å². The van der Waals surface area contributed by atoms with E-state index in [-0.39, 0.29) is 12.1 Å². The molecule has 1 heterocycles. The molecular weight excluding hydrogens is 452 g/mol. The molecule has 208 valence electrons. The van der Waals surface area contributed by atoms with E-state index in [2.05, 4.69) is 45.7 Å². The first-order valence-electron chi connectivity index (χ1n) is 15.6. The molecule has 9 atom stereocenters. The number of aliphatic hydroxyl groups is 1. The molecule has 3 fully saturated rings. The summed E-state index contributed by atoms with van der Waals surface area (Å²) in [6, 6.07) is 5.79. The molecule has 0 saturated heterocycles. The van der Waals surface area contributed by atoms with Gasteiger partial charge in [0.2, 0.25) is 0 Å². The summed E-state index contributed by atoms with van der Waals surface area (Å²) < 4.78 is 0. The van der Waals surface area contributed by atoms with Gasteiger partial charge in [0, 0.05) is 12.2 Å². The van der Waals surface area contributed by atoms with Gasteiger partial charge in [0.05, 0.1) is 11.8 Å². The van der Waals surface area contributed by atoms with Gasteiger partial charge < -0.3 is 10.8 Å². The average molecular weight is 509 g/mol. The monoisotopic (exact) mass is 508 g/mol. The fraction of sp³-hybridized carbons (Fsp3) is 0.794. The van der Waals surface area contributed by atoms with Gasteiger partial charge >= 0.3 is 0 Å². The van der Waals surface area contributed by atoms with Crippen molar-refractivity contribution in [2.75, 3.05) is 0 Å². The minimum absolute atomic E-state index is 0.0474. The number of rotatable bonds is 6. The molecule has 0 amide bonds. The first-order valence-corrected chi connectivity index (χ1v) is 15.6. The first kappa shape index (κ1) is 28.8. The number of hydrogen-bond acceptors (Lipinski definition) is 3. The van der Waals surface area contributed by atoms with Crippen LogP contribution in [0, 0.1) is 46.3 Å². The van der Waals surface area contributed by atoms with Gasteiger partial charge in [-0.05, 0) is 117 Å². The lowest BCUT2D eigenvalue weighted by Crippen LogP contribution is -2.50. The molecule has 0 aliphatic heterocycles. The van der Waals surface area contributed by atoms with E-state index in [1.165, 1.54) is 57.8 Å². The van der Waals surface area contributed by atoms with Crippen LogP contribution in [0.4, 0.5) is 0 Å². The molecule has 3 N–H and O–H groups in total. The molecule has 0 bridgehead atoms. The predicted octanol–water partition coefficient (Wildman–Crippen LogP) is 8.49. The van der Waals surface area contributed by atoms with Crippen molar-refractivity contribution in [3.63, 3.8) is 0 Å². The zero-order valence-corrected chi connectivity index (χ0v) is 24.8. The smallest absolute Gasteiger partial charge is 0.0577 e. The third-order valence-corrected chi connectivity index (χ3v) is 11.4. The lowest BCUT2D eigenvalue weighted by molar-refractivity contribution is -0.0573. The van der Waals surface area contributed by atoms with Gasteiger partial charge in [-0.2, -0.15) is 0 Å². The predicted molar refractivity (Wildman–Crippen MR) is 156 cm³/mol. The second-order valence-electron chi connectivity index (χ2n) is 14.2. The van der Waals surface area contributed by atoms with Crippen LogP contribution < -0.4 is 5.73 Å². The molecule has 1 aromatic heterocycles. The fourth-order valence-electron chi connectivity index (χ4n) is 9.31. The third-order valence-electron chi connectivity index (χ3n) is 11.4. The summed E-state index contributed by atoms with van der Waals surface area (Å²) in [6.07, 6.45) is 18.9. The van der Waals surface area contributed by atoms with Gasteiger partial charge in [-0.25, -0.2) is 0 Å². The maximum absolute atomic E-state index is 10.2. The highest BCUT2D eigenvalue weighted by Gasteiger charge is 2.59. The number of aliphatic hydroxyl groups excluding tert-OH is 1. The summed E-state index contributed by atoms with van der Waals surface area (Å²) in [5.74, 6) is 5.46. The Balaban J connectivity index is 0.000000301. The maximum atomic E-state index is 10.2. The van der Waals surface area contributed by atoms with Crippen molar-refractivity contribution < 1.29 is 5.11 Å². The molecular formula is C34H56N2O. The Hall–Kier alpha value is -1.19. The van der Waals surface area contributed by atoms with E-state index in [1.54, 1.807) is 11.8 Å². The fourth-order valence-corrected chi connectivity index (χ4v) is 9.31. The van der Waals surface area contributed by atoms with Crippen LogP contribution in [0.5, 0.6) is 0 Å². The van der Waals surface area contributed by atoms with Crippen LogP contribution in [0.2, 0.25) is 0 Å². The van der Waals surface area contributed by atoms with Gasteiger partial charge in [0.15, 0.2) is 0 Å². The van der Waals surface area contributed by atoms with Crippen LogP contribution >= 0.6 is 0 Å². The highest BCUT2D eigenvalue weighted by atomic mass is 16.3. The highest BCUT2D eigenvalue weighted by molar-refractivity contribution is 5.25. The minimum Gasteiger partial charge on any atom is -0.393 e. The molecule has 0 aromatic carbocycles. The van der Waals surface area contributed by atoms with E-state index in [4.69, 9.17) is 5.73 Å². The second-order valence-corrected chi connectivity index (χ2v) is 14.2. The van der Waals surface area contributed by atoms with Crippen molar-refractivity contribution in [1.82, 2.24) is 4.98 Å². The number of fused-ring (bicyclic) bond motifs is 5. The van der Waals surface area contributed by atoms with E-state index in [0.717, 1.165) is 54.0 Å².